The van der Waals surface area contributed by atoms with Crippen molar-refractivity contribution in [1.29, 1.82) is 0 Å². The maximum absolute atomic E-state index is 13.5. The number of amides is 2. The number of carboxylic acids is 1. The topological polar surface area (TPSA) is 105 Å². The minimum absolute atomic E-state index is 0.0861. The van der Waals surface area contributed by atoms with Crippen LogP contribution in [0.3, 0.4) is 0 Å². The van der Waals surface area contributed by atoms with Gasteiger partial charge in [-0.2, -0.15) is 0 Å². The van der Waals surface area contributed by atoms with E-state index in [1.165, 1.54) is 11.8 Å². The summed E-state index contributed by atoms with van der Waals surface area (Å²) < 4.78 is 11.1. The summed E-state index contributed by atoms with van der Waals surface area (Å²) in [6, 6.07) is 16.2. The third-order valence-corrected chi connectivity index (χ3v) is 7.32. The molecule has 2 aliphatic rings. The van der Waals surface area contributed by atoms with E-state index in [2.05, 4.69) is 17.4 Å². The number of nitrogens with one attached hydrogen (secondary N) is 1. The molecule has 8 nitrogen and oxygen atoms in total. The molecule has 1 atom stereocenters. The number of carboxylic acid groups (broad SMARTS) is 1. The molecule has 1 saturated heterocycles. The number of hydrogen-bond donors (Lipinski definition) is 2. The fourth-order valence-corrected chi connectivity index (χ4v) is 5.09. The Morgan fingerprint density at radius 3 is 2.20 bits per heavy atom. The Hall–Kier alpha value is -3.39. The van der Waals surface area contributed by atoms with Crippen LogP contribution in [0.2, 0.25) is 0 Å². The van der Waals surface area contributed by atoms with Crippen LogP contribution in [0.5, 0.6) is 0 Å². The van der Waals surface area contributed by atoms with Gasteiger partial charge in [0.25, 0.3) is 0 Å². The van der Waals surface area contributed by atoms with Gasteiger partial charge in [0.15, 0.2) is 5.60 Å². The highest BCUT2D eigenvalue weighted by atomic mass is 16.5. The summed E-state index contributed by atoms with van der Waals surface area (Å²) in [7, 11) is 0. The van der Waals surface area contributed by atoms with Gasteiger partial charge in [0, 0.05) is 12.5 Å². The van der Waals surface area contributed by atoms with Crippen molar-refractivity contribution in [2.24, 2.45) is 0 Å². The first-order valence-electron chi connectivity index (χ1n) is 12.0. The predicted octanol–water partition coefficient (Wildman–Crippen LogP) is 3.79. The number of nitrogens with zero attached hydrogens (tertiary/aromatic N) is 1. The van der Waals surface area contributed by atoms with Crippen LogP contribution in [-0.4, -0.2) is 65.4 Å². The Morgan fingerprint density at radius 1 is 1.09 bits per heavy atom. The van der Waals surface area contributed by atoms with Crippen molar-refractivity contribution in [2.45, 2.75) is 50.7 Å². The van der Waals surface area contributed by atoms with Gasteiger partial charge in [-0.05, 0) is 42.0 Å². The largest absolute Gasteiger partial charge is 0.479 e. The molecular formula is C27H32N2O6. The van der Waals surface area contributed by atoms with E-state index < -0.39 is 23.2 Å². The fourth-order valence-electron chi connectivity index (χ4n) is 5.09. The molecule has 1 unspecified atom stereocenters. The van der Waals surface area contributed by atoms with Gasteiger partial charge in [-0.1, -0.05) is 62.4 Å². The number of ether oxygens (including phenoxy) is 2. The van der Waals surface area contributed by atoms with Gasteiger partial charge in [0.2, 0.25) is 5.91 Å². The first-order chi connectivity index (χ1) is 16.7. The number of aliphatic carboxylic acids is 1. The van der Waals surface area contributed by atoms with Crippen LogP contribution in [0.25, 0.3) is 11.1 Å². The van der Waals surface area contributed by atoms with E-state index in [1.807, 2.05) is 50.2 Å². The highest BCUT2D eigenvalue weighted by Gasteiger charge is 2.46. The first-order valence-corrected chi connectivity index (χ1v) is 12.0. The highest BCUT2D eigenvalue weighted by Crippen LogP contribution is 2.44. The van der Waals surface area contributed by atoms with Crippen molar-refractivity contribution in [3.63, 3.8) is 0 Å². The highest BCUT2D eigenvalue weighted by molar-refractivity contribution is 5.91. The maximum Gasteiger partial charge on any atom is 0.408 e. The molecule has 2 N–H and O–H groups in total. The summed E-state index contributed by atoms with van der Waals surface area (Å²) in [5.74, 6) is -1.54. The van der Waals surface area contributed by atoms with Crippen molar-refractivity contribution in [2.75, 3.05) is 26.3 Å². The Morgan fingerprint density at radius 2 is 1.66 bits per heavy atom. The molecule has 2 amide bonds. The minimum Gasteiger partial charge on any atom is -0.479 e. The molecule has 8 heteroatoms. The zero-order chi connectivity index (χ0) is 25.2. The van der Waals surface area contributed by atoms with Crippen molar-refractivity contribution in [3.05, 3.63) is 59.7 Å². The normalized spacial score (nSPS) is 19.6. The van der Waals surface area contributed by atoms with Crippen LogP contribution >= 0.6 is 0 Å². The Kier molecular flexibility index (Phi) is 6.85. The Labute approximate surface area is 205 Å². The molecule has 0 saturated carbocycles. The lowest BCUT2D eigenvalue weighted by molar-refractivity contribution is -0.178. The average molecular weight is 481 g/mol. The van der Waals surface area contributed by atoms with E-state index in [0.717, 1.165) is 22.3 Å². The summed E-state index contributed by atoms with van der Waals surface area (Å²) in [5, 5.41) is 12.3. The van der Waals surface area contributed by atoms with Crippen LogP contribution < -0.4 is 5.32 Å². The zero-order valence-electron chi connectivity index (χ0n) is 20.4. The third kappa shape index (κ3) is 4.50. The molecular weight excluding hydrogens is 448 g/mol. The number of carbonyl (C=O) groups is 3. The van der Waals surface area contributed by atoms with Crippen LogP contribution in [-0.2, 0) is 19.1 Å². The predicted molar refractivity (Wildman–Crippen MR) is 130 cm³/mol. The number of carbonyl (C=O) groups excluding carboxylic acids is 2. The number of alkyl carbamates (subject to hydrolysis) is 1. The van der Waals surface area contributed by atoms with Gasteiger partial charge in [-0.15, -0.1) is 0 Å². The number of morpholine rings is 1. The minimum atomic E-state index is -1.48. The van der Waals surface area contributed by atoms with E-state index in [9.17, 15) is 19.5 Å². The maximum atomic E-state index is 13.5. The van der Waals surface area contributed by atoms with E-state index >= 15 is 0 Å². The average Bonchev–Trinajstić information content (AvgIpc) is 3.19. The second-order valence-corrected chi connectivity index (χ2v) is 9.35. The van der Waals surface area contributed by atoms with Gasteiger partial charge in [-0.3, -0.25) is 4.79 Å². The smallest absolute Gasteiger partial charge is 0.408 e. The van der Waals surface area contributed by atoms with Crippen molar-refractivity contribution >= 4 is 18.0 Å². The third-order valence-electron chi connectivity index (χ3n) is 7.32. The molecule has 0 bridgehead atoms. The molecule has 1 fully saturated rings. The second-order valence-electron chi connectivity index (χ2n) is 9.35. The second kappa shape index (κ2) is 9.70. The summed E-state index contributed by atoms with van der Waals surface area (Å²) in [6.45, 7) is 5.53. The van der Waals surface area contributed by atoms with Crippen molar-refractivity contribution in [1.82, 2.24) is 10.2 Å². The first kappa shape index (κ1) is 24.7. The van der Waals surface area contributed by atoms with Gasteiger partial charge < -0.3 is 24.8 Å². The summed E-state index contributed by atoms with van der Waals surface area (Å²) >= 11 is 0. The van der Waals surface area contributed by atoms with Crippen LogP contribution in [0.15, 0.2) is 48.5 Å². The molecule has 2 aromatic carbocycles. The van der Waals surface area contributed by atoms with Crippen LogP contribution in [0.1, 0.15) is 50.7 Å². The number of benzene rings is 2. The van der Waals surface area contributed by atoms with Crippen molar-refractivity contribution < 1.29 is 29.0 Å². The molecule has 0 aromatic heterocycles. The molecule has 2 aromatic rings. The summed E-state index contributed by atoms with van der Waals surface area (Å²) in [4.78, 5) is 39.6. The molecule has 4 rings (SSSR count). The summed E-state index contributed by atoms with van der Waals surface area (Å²) in [5.41, 5.74) is 1.81. The molecule has 0 spiro atoms. The molecule has 1 aliphatic heterocycles. The lowest BCUT2D eigenvalue weighted by atomic mass is 9.90. The lowest BCUT2D eigenvalue weighted by Crippen LogP contribution is -2.64. The van der Waals surface area contributed by atoms with E-state index in [4.69, 9.17) is 9.47 Å². The van der Waals surface area contributed by atoms with E-state index in [1.54, 1.807) is 0 Å². The lowest BCUT2D eigenvalue weighted by Gasteiger charge is -2.42. The molecule has 1 heterocycles. The zero-order valence-corrected chi connectivity index (χ0v) is 20.4. The number of rotatable bonds is 7. The van der Waals surface area contributed by atoms with E-state index in [-0.39, 0.29) is 38.1 Å². The Bertz CT molecular complexity index is 1080. The van der Waals surface area contributed by atoms with E-state index in [0.29, 0.717) is 12.8 Å². The monoisotopic (exact) mass is 480 g/mol. The Balaban J connectivity index is 1.47. The quantitative estimate of drug-likeness (QED) is 0.625. The molecule has 0 radical (unpaired) electrons. The van der Waals surface area contributed by atoms with Crippen molar-refractivity contribution in [3.8, 4) is 11.1 Å². The standard InChI is InChI=1S/C27H32N2O6/c1-4-27(5-2,23(30)29-14-15-35-26(3,17-29)24(31)32)28-25(33)34-16-22-20-12-8-6-10-18(20)19-11-7-9-13-21(19)22/h6-13,22H,4-5,14-17H2,1-3H3,(H,28,33)(H,31,32). The fraction of sp³-hybridized carbons (Fsp3) is 0.444. The van der Waals surface area contributed by atoms with Crippen LogP contribution in [0, 0.1) is 0 Å². The van der Waals surface area contributed by atoms with Gasteiger partial charge in [0.1, 0.15) is 12.1 Å². The number of hydrogen-bond acceptors (Lipinski definition) is 5. The van der Waals surface area contributed by atoms with Gasteiger partial charge in [-0.25, -0.2) is 9.59 Å². The summed E-state index contributed by atoms with van der Waals surface area (Å²) in [6.07, 6.45) is 0.0135. The van der Waals surface area contributed by atoms with Gasteiger partial charge in [0.05, 0.1) is 13.2 Å². The van der Waals surface area contributed by atoms with Crippen LogP contribution in [0.4, 0.5) is 4.79 Å². The number of fused-ring (bicyclic) bond motifs is 3. The molecule has 186 valence electrons. The molecule has 35 heavy (non-hydrogen) atoms. The van der Waals surface area contributed by atoms with Gasteiger partial charge >= 0.3 is 12.1 Å². The molecule has 1 aliphatic carbocycles. The SMILES string of the molecule is CCC(CC)(NC(=O)OCC1c2ccccc2-c2ccccc21)C(=O)N1CCOC(C)(C(=O)O)C1.